The van der Waals surface area contributed by atoms with Crippen molar-refractivity contribution in [2.24, 2.45) is 5.16 Å². The number of benzene rings is 3. The lowest BCUT2D eigenvalue weighted by Gasteiger charge is -2.12. The first kappa shape index (κ1) is 17.0. The zero-order valence-electron chi connectivity index (χ0n) is 13.4. The van der Waals surface area contributed by atoms with Crippen molar-refractivity contribution in [2.45, 2.75) is 0 Å². The highest BCUT2D eigenvalue weighted by molar-refractivity contribution is 5.89. The molecule has 2 N–H and O–H groups in total. The van der Waals surface area contributed by atoms with Gasteiger partial charge in [0.05, 0.1) is 11.1 Å². The SMILES string of the molecule is O=[N+]([O-])c1cccc(-c2cc(Oc3ccccc3)cc(C=NO)c2O)c1. The second kappa shape index (κ2) is 7.35. The second-order valence-corrected chi connectivity index (χ2v) is 5.38. The second-order valence-electron chi connectivity index (χ2n) is 5.38. The van der Waals surface area contributed by atoms with E-state index in [1.54, 1.807) is 24.3 Å². The third-order valence-electron chi connectivity index (χ3n) is 3.66. The van der Waals surface area contributed by atoms with Gasteiger partial charge in [-0.25, -0.2) is 0 Å². The topological polar surface area (TPSA) is 105 Å². The number of hydrogen-bond donors (Lipinski definition) is 2. The third-order valence-corrected chi connectivity index (χ3v) is 3.66. The van der Waals surface area contributed by atoms with E-state index in [-0.39, 0.29) is 17.0 Å². The van der Waals surface area contributed by atoms with Gasteiger partial charge in [-0.15, -0.1) is 0 Å². The van der Waals surface area contributed by atoms with Crippen LogP contribution in [0.5, 0.6) is 17.2 Å². The van der Waals surface area contributed by atoms with Gasteiger partial charge in [0.15, 0.2) is 0 Å². The molecule has 3 aromatic carbocycles. The van der Waals surface area contributed by atoms with Crippen molar-refractivity contribution in [3.05, 3.63) is 82.4 Å². The summed E-state index contributed by atoms with van der Waals surface area (Å²) in [6.45, 7) is 0. The van der Waals surface area contributed by atoms with Crippen molar-refractivity contribution < 1.29 is 20.0 Å². The highest BCUT2D eigenvalue weighted by atomic mass is 16.6. The number of rotatable bonds is 5. The zero-order chi connectivity index (χ0) is 18.5. The summed E-state index contributed by atoms with van der Waals surface area (Å²) >= 11 is 0. The summed E-state index contributed by atoms with van der Waals surface area (Å²) in [5, 5.41) is 33.3. The molecule has 0 fully saturated rings. The van der Waals surface area contributed by atoms with E-state index < -0.39 is 4.92 Å². The Morgan fingerprint density at radius 2 is 1.77 bits per heavy atom. The molecule has 130 valence electrons. The predicted molar refractivity (Wildman–Crippen MR) is 96.1 cm³/mol. The Balaban J connectivity index is 2.11. The Bertz CT molecular complexity index is 971. The summed E-state index contributed by atoms with van der Waals surface area (Å²) in [4.78, 5) is 10.5. The van der Waals surface area contributed by atoms with Crippen LogP contribution in [-0.2, 0) is 0 Å². The number of nitro groups is 1. The molecule has 0 aliphatic heterocycles. The van der Waals surface area contributed by atoms with Gasteiger partial charge in [-0.3, -0.25) is 10.1 Å². The number of non-ortho nitro benzene ring substituents is 1. The number of oxime groups is 1. The molecular weight excluding hydrogens is 336 g/mol. The van der Waals surface area contributed by atoms with Crippen LogP contribution in [0, 0.1) is 10.1 Å². The molecule has 0 saturated heterocycles. The van der Waals surface area contributed by atoms with Gasteiger partial charge in [-0.2, -0.15) is 0 Å². The standard InChI is InChI=1S/C19H14N2O5/c22-19-14(12-20-23)10-17(26-16-7-2-1-3-8-16)11-18(19)13-5-4-6-15(9-13)21(24)25/h1-12,22-23H. The summed E-state index contributed by atoms with van der Waals surface area (Å²) in [7, 11) is 0. The largest absolute Gasteiger partial charge is 0.507 e. The number of phenols is 1. The molecule has 0 saturated carbocycles. The van der Waals surface area contributed by atoms with Crippen molar-refractivity contribution in [3.8, 4) is 28.4 Å². The first-order chi connectivity index (χ1) is 12.6. The number of phenolic OH excluding ortho intramolecular Hbond substituents is 1. The Hall–Kier alpha value is -3.87. The molecule has 0 radical (unpaired) electrons. The fourth-order valence-electron chi connectivity index (χ4n) is 2.48. The van der Waals surface area contributed by atoms with Gasteiger partial charge in [-0.05, 0) is 29.8 Å². The van der Waals surface area contributed by atoms with Gasteiger partial charge in [0.25, 0.3) is 5.69 Å². The Kier molecular flexibility index (Phi) is 4.80. The smallest absolute Gasteiger partial charge is 0.270 e. The van der Waals surface area contributed by atoms with Gasteiger partial charge in [0.1, 0.15) is 17.2 Å². The Morgan fingerprint density at radius 1 is 1.00 bits per heavy atom. The minimum Gasteiger partial charge on any atom is -0.507 e. The van der Waals surface area contributed by atoms with Crippen LogP contribution in [0.3, 0.4) is 0 Å². The van der Waals surface area contributed by atoms with Crippen molar-refractivity contribution in [1.82, 2.24) is 0 Å². The Morgan fingerprint density at radius 3 is 2.46 bits per heavy atom. The number of aromatic hydroxyl groups is 1. The van der Waals surface area contributed by atoms with Gasteiger partial charge < -0.3 is 15.1 Å². The van der Waals surface area contributed by atoms with Crippen molar-refractivity contribution in [3.63, 3.8) is 0 Å². The maximum Gasteiger partial charge on any atom is 0.270 e. The molecule has 3 aromatic rings. The van der Waals surface area contributed by atoms with Gasteiger partial charge >= 0.3 is 0 Å². The van der Waals surface area contributed by atoms with Crippen molar-refractivity contribution in [1.29, 1.82) is 0 Å². The Labute approximate surface area is 148 Å². The molecule has 0 spiro atoms. The van der Waals surface area contributed by atoms with Crippen LogP contribution in [0.2, 0.25) is 0 Å². The lowest BCUT2D eigenvalue weighted by molar-refractivity contribution is -0.384. The van der Waals surface area contributed by atoms with Gasteiger partial charge in [0.2, 0.25) is 0 Å². The van der Waals surface area contributed by atoms with Crippen LogP contribution in [-0.4, -0.2) is 21.5 Å². The van der Waals surface area contributed by atoms with E-state index in [9.17, 15) is 15.2 Å². The lowest BCUT2D eigenvalue weighted by Crippen LogP contribution is -1.93. The third kappa shape index (κ3) is 3.62. The zero-order valence-corrected chi connectivity index (χ0v) is 13.4. The summed E-state index contributed by atoms with van der Waals surface area (Å²) in [6, 6.07) is 17.9. The molecule has 7 heteroatoms. The van der Waals surface area contributed by atoms with Crippen LogP contribution in [0.15, 0.2) is 71.9 Å². The maximum atomic E-state index is 11.0. The monoisotopic (exact) mass is 350 g/mol. The van der Waals surface area contributed by atoms with E-state index in [1.807, 2.05) is 18.2 Å². The van der Waals surface area contributed by atoms with E-state index in [4.69, 9.17) is 9.94 Å². The van der Waals surface area contributed by atoms with E-state index in [0.717, 1.165) is 6.21 Å². The molecule has 0 heterocycles. The summed E-state index contributed by atoms with van der Waals surface area (Å²) < 4.78 is 5.77. The summed E-state index contributed by atoms with van der Waals surface area (Å²) in [6.07, 6.45) is 1.06. The maximum absolute atomic E-state index is 11.0. The predicted octanol–water partition coefficient (Wildman–Crippen LogP) is 4.57. The van der Waals surface area contributed by atoms with E-state index >= 15 is 0 Å². The van der Waals surface area contributed by atoms with Gasteiger partial charge in [-0.1, -0.05) is 35.5 Å². The molecule has 0 atom stereocenters. The molecule has 26 heavy (non-hydrogen) atoms. The van der Waals surface area contributed by atoms with Crippen LogP contribution in [0.25, 0.3) is 11.1 Å². The molecule has 0 unspecified atom stereocenters. The quantitative estimate of drug-likeness (QED) is 0.303. The van der Waals surface area contributed by atoms with Crippen LogP contribution in [0.1, 0.15) is 5.56 Å². The molecule has 7 nitrogen and oxygen atoms in total. The van der Waals surface area contributed by atoms with Crippen LogP contribution >= 0.6 is 0 Å². The molecule has 3 rings (SSSR count). The number of para-hydroxylation sites is 1. The van der Waals surface area contributed by atoms with Crippen molar-refractivity contribution in [2.75, 3.05) is 0 Å². The van der Waals surface area contributed by atoms with Crippen molar-refractivity contribution >= 4 is 11.9 Å². The first-order valence-electron chi connectivity index (χ1n) is 7.60. The van der Waals surface area contributed by atoms with E-state index in [0.29, 0.717) is 22.6 Å². The summed E-state index contributed by atoms with van der Waals surface area (Å²) in [5.41, 5.74) is 0.857. The average molecular weight is 350 g/mol. The highest BCUT2D eigenvalue weighted by Crippen LogP contribution is 2.38. The molecule has 0 amide bonds. The molecule has 0 bridgehead atoms. The number of ether oxygens (including phenoxy) is 1. The fraction of sp³-hybridized carbons (Fsp3) is 0. The fourth-order valence-corrected chi connectivity index (χ4v) is 2.48. The minimum absolute atomic E-state index is 0.103. The van der Waals surface area contributed by atoms with Gasteiger partial charge in [0, 0.05) is 23.3 Å². The molecule has 0 aliphatic carbocycles. The molecular formula is C19H14N2O5. The first-order valence-corrected chi connectivity index (χ1v) is 7.60. The normalized spacial score (nSPS) is 10.8. The lowest BCUT2D eigenvalue weighted by atomic mass is 10.0. The number of hydrogen-bond acceptors (Lipinski definition) is 6. The number of nitrogens with zero attached hydrogens (tertiary/aromatic N) is 2. The highest BCUT2D eigenvalue weighted by Gasteiger charge is 2.15. The molecule has 0 aromatic heterocycles. The van der Waals surface area contributed by atoms with Crippen LogP contribution in [0.4, 0.5) is 5.69 Å². The molecule has 0 aliphatic rings. The van der Waals surface area contributed by atoms with E-state index in [2.05, 4.69) is 5.16 Å². The van der Waals surface area contributed by atoms with Crippen LogP contribution < -0.4 is 4.74 Å². The minimum atomic E-state index is -0.513. The van der Waals surface area contributed by atoms with E-state index in [1.165, 1.54) is 24.3 Å². The summed E-state index contributed by atoms with van der Waals surface area (Å²) in [5.74, 6) is 0.782. The average Bonchev–Trinajstić information content (AvgIpc) is 2.65. The number of nitro benzene ring substituents is 1.